The lowest BCUT2D eigenvalue weighted by atomic mass is 10.1. The van der Waals surface area contributed by atoms with Gasteiger partial charge in [-0.2, -0.15) is 0 Å². The highest BCUT2D eigenvalue weighted by atomic mass is 32.2. The highest BCUT2D eigenvalue weighted by molar-refractivity contribution is 7.88. The number of aromatic nitrogens is 1. The Hall–Kier alpha value is -0.500. The fourth-order valence-corrected chi connectivity index (χ4v) is 3.53. The van der Waals surface area contributed by atoms with Crippen molar-refractivity contribution in [2.75, 3.05) is 19.3 Å². The average molecular weight is 275 g/mol. The molecule has 0 spiro atoms. The lowest BCUT2D eigenvalue weighted by Crippen LogP contribution is -2.43. The fourth-order valence-electron chi connectivity index (χ4n) is 2.05. The third-order valence-electron chi connectivity index (χ3n) is 2.83. The first-order valence-corrected chi connectivity index (χ1v) is 8.37. The van der Waals surface area contributed by atoms with Crippen LogP contribution in [0.15, 0.2) is 11.7 Å². The standard InChI is InChI=1S/C10H17N3O2S2/c1-17(14,15)12-9-2-4-13(5-3-9)7-10-6-11-8-16-10/h6,8-9,12H,2-5,7H2,1H3. The third-order valence-corrected chi connectivity index (χ3v) is 4.36. The summed E-state index contributed by atoms with van der Waals surface area (Å²) in [4.78, 5) is 7.66. The van der Waals surface area contributed by atoms with Gasteiger partial charge in [0.05, 0.1) is 11.8 Å². The van der Waals surface area contributed by atoms with Crippen molar-refractivity contribution in [2.24, 2.45) is 0 Å². The molecule has 0 aliphatic carbocycles. The Morgan fingerprint density at radius 1 is 1.53 bits per heavy atom. The van der Waals surface area contributed by atoms with Gasteiger partial charge in [0.15, 0.2) is 0 Å². The lowest BCUT2D eigenvalue weighted by molar-refractivity contribution is 0.201. The molecule has 5 nitrogen and oxygen atoms in total. The van der Waals surface area contributed by atoms with Crippen molar-refractivity contribution < 1.29 is 8.42 Å². The van der Waals surface area contributed by atoms with E-state index in [-0.39, 0.29) is 6.04 Å². The van der Waals surface area contributed by atoms with Crippen molar-refractivity contribution in [3.63, 3.8) is 0 Å². The van der Waals surface area contributed by atoms with Crippen molar-refractivity contribution in [1.29, 1.82) is 0 Å². The Bertz CT molecular complexity index is 436. The number of rotatable bonds is 4. The van der Waals surface area contributed by atoms with Gasteiger partial charge >= 0.3 is 0 Å². The largest absolute Gasteiger partial charge is 0.298 e. The fraction of sp³-hybridized carbons (Fsp3) is 0.700. The first-order valence-electron chi connectivity index (χ1n) is 5.60. The second-order valence-corrected chi connectivity index (χ2v) is 7.16. The molecule has 0 unspecified atom stereocenters. The molecule has 0 atom stereocenters. The van der Waals surface area contributed by atoms with E-state index in [2.05, 4.69) is 14.6 Å². The summed E-state index contributed by atoms with van der Waals surface area (Å²) in [6.45, 7) is 2.80. The van der Waals surface area contributed by atoms with Crippen LogP contribution in [0.3, 0.4) is 0 Å². The number of hydrogen-bond acceptors (Lipinski definition) is 5. The maximum absolute atomic E-state index is 11.1. The summed E-state index contributed by atoms with van der Waals surface area (Å²) >= 11 is 1.66. The van der Waals surface area contributed by atoms with Gasteiger partial charge in [-0.15, -0.1) is 11.3 Å². The quantitative estimate of drug-likeness (QED) is 0.877. The van der Waals surface area contributed by atoms with E-state index < -0.39 is 10.0 Å². The minimum Gasteiger partial charge on any atom is -0.298 e. The molecular formula is C10H17N3O2S2. The molecule has 1 aromatic heterocycles. The van der Waals surface area contributed by atoms with Gasteiger partial charge in [-0.05, 0) is 12.8 Å². The predicted octanol–water partition coefficient (Wildman–Crippen LogP) is 0.657. The van der Waals surface area contributed by atoms with Crippen molar-refractivity contribution >= 4 is 21.4 Å². The Balaban J connectivity index is 1.78. The second kappa shape index (κ2) is 5.43. The SMILES string of the molecule is CS(=O)(=O)NC1CCN(Cc2cncs2)CC1. The average Bonchev–Trinajstić information content (AvgIpc) is 2.71. The highest BCUT2D eigenvalue weighted by Gasteiger charge is 2.21. The van der Waals surface area contributed by atoms with Crippen LogP contribution in [-0.2, 0) is 16.6 Å². The van der Waals surface area contributed by atoms with E-state index in [1.807, 2.05) is 11.7 Å². The summed E-state index contributed by atoms with van der Waals surface area (Å²) in [6.07, 6.45) is 4.87. The normalized spacial score (nSPS) is 19.6. The molecule has 0 amide bonds. The molecule has 0 radical (unpaired) electrons. The van der Waals surface area contributed by atoms with Crippen LogP contribution in [0, 0.1) is 0 Å². The summed E-state index contributed by atoms with van der Waals surface area (Å²) in [7, 11) is -3.07. The zero-order chi connectivity index (χ0) is 12.3. The van der Waals surface area contributed by atoms with Crippen molar-refractivity contribution in [3.8, 4) is 0 Å². The minimum atomic E-state index is -3.07. The van der Waals surface area contributed by atoms with E-state index in [9.17, 15) is 8.42 Å². The number of piperidine rings is 1. The molecule has 7 heteroatoms. The van der Waals surface area contributed by atoms with Crippen LogP contribution >= 0.6 is 11.3 Å². The number of hydrogen-bond donors (Lipinski definition) is 1. The van der Waals surface area contributed by atoms with Crippen molar-refractivity contribution in [3.05, 3.63) is 16.6 Å². The van der Waals surface area contributed by atoms with Crippen molar-refractivity contribution in [2.45, 2.75) is 25.4 Å². The molecular weight excluding hydrogens is 258 g/mol. The highest BCUT2D eigenvalue weighted by Crippen LogP contribution is 2.16. The van der Waals surface area contributed by atoms with Gasteiger partial charge in [0.1, 0.15) is 0 Å². The first kappa shape index (κ1) is 12.9. The molecule has 17 heavy (non-hydrogen) atoms. The Labute approximate surface area is 106 Å². The summed E-state index contributed by atoms with van der Waals surface area (Å²) in [5.74, 6) is 0. The molecule has 0 aromatic carbocycles. The summed E-state index contributed by atoms with van der Waals surface area (Å²) in [5.41, 5.74) is 1.84. The predicted molar refractivity (Wildman–Crippen MR) is 68.4 cm³/mol. The van der Waals surface area contributed by atoms with Crippen LogP contribution in [0.25, 0.3) is 0 Å². The van der Waals surface area contributed by atoms with Gasteiger partial charge in [0.25, 0.3) is 0 Å². The molecule has 1 N–H and O–H groups in total. The summed E-state index contributed by atoms with van der Waals surface area (Å²) < 4.78 is 24.9. The first-order chi connectivity index (χ1) is 8.03. The van der Waals surface area contributed by atoms with Crippen LogP contribution < -0.4 is 4.72 Å². The monoisotopic (exact) mass is 275 g/mol. The van der Waals surface area contributed by atoms with E-state index in [0.717, 1.165) is 32.5 Å². The molecule has 96 valence electrons. The van der Waals surface area contributed by atoms with Crippen LogP contribution in [-0.4, -0.2) is 43.7 Å². The van der Waals surface area contributed by atoms with Crippen molar-refractivity contribution in [1.82, 2.24) is 14.6 Å². The molecule has 2 heterocycles. The van der Waals surface area contributed by atoms with Gasteiger partial charge in [-0.3, -0.25) is 9.88 Å². The Morgan fingerprint density at radius 3 is 2.76 bits per heavy atom. The van der Waals surface area contributed by atoms with Crippen LogP contribution in [0.4, 0.5) is 0 Å². The number of nitrogens with zero attached hydrogens (tertiary/aromatic N) is 2. The molecule has 1 fully saturated rings. The van der Waals surface area contributed by atoms with Gasteiger partial charge in [-0.1, -0.05) is 0 Å². The van der Waals surface area contributed by atoms with Crippen LogP contribution in [0.2, 0.25) is 0 Å². The number of nitrogens with one attached hydrogen (secondary N) is 1. The van der Waals surface area contributed by atoms with E-state index in [4.69, 9.17) is 0 Å². The number of thiazole rings is 1. The molecule has 1 saturated heterocycles. The van der Waals surface area contributed by atoms with Gasteiger partial charge < -0.3 is 0 Å². The van der Waals surface area contributed by atoms with E-state index in [0.29, 0.717) is 0 Å². The maximum Gasteiger partial charge on any atom is 0.208 e. The third kappa shape index (κ3) is 4.34. The van der Waals surface area contributed by atoms with E-state index in [1.165, 1.54) is 11.1 Å². The van der Waals surface area contributed by atoms with Crippen LogP contribution in [0.5, 0.6) is 0 Å². The van der Waals surface area contributed by atoms with E-state index in [1.54, 1.807) is 11.3 Å². The zero-order valence-corrected chi connectivity index (χ0v) is 11.4. The molecule has 1 aromatic rings. The topological polar surface area (TPSA) is 62.3 Å². The van der Waals surface area contributed by atoms with E-state index >= 15 is 0 Å². The van der Waals surface area contributed by atoms with Gasteiger partial charge in [0.2, 0.25) is 10.0 Å². The summed E-state index contributed by atoms with van der Waals surface area (Å²) in [6, 6.07) is 0.0997. The van der Waals surface area contributed by atoms with Gasteiger partial charge in [-0.25, -0.2) is 13.1 Å². The minimum absolute atomic E-state index is 0.0997. The van der Waals surface area contributed by atoms with Gasteiger partial charge in [0, 0.05) is 36.8 Å². The molecule has 1 aliphatic rings. The summed E-state index contributed by atoms with van der Waals surface area (Å²) in [5, 5.41) is 0. The van der Waals surface area contributed by atoms with Crippen LogP contribution in [0.1, 0.15) is 17.7 Å². The second-order valence-electron chi connectivity index (χ2n) is 4.41. The molecule has 0 saturated carbocycles. The lowest BCUT2D eigenvalue weighted by Gasteiger charge is -2.31. The Morgan fingerprint density at radius 2 is 2.24 bits per heavy atom. The molecule has 2 rings (SSSR count). The zero-order valence-electron chi connectivity index (χ0n) is 9.80. The smallest absolute Gasteiger partial charge is 0.208 e. The maximum atomic E-state index is 11.1. The number of sulfonamides is 1. The molecule has 0 bridgehead atoms. The molecule has 1 aliphatic heterocycles. The Kier molecular flexibility index (Phi) is 4.13. The number of likely N-dealkylation sites (tertiary alicyclic amines) is 1.